The number of rotatable bonds is 42. The maximum atomic E-state index is 14.5. The van der Waals surface area contributed by atoms with E-state index in [1.165, 1.54) is 47.1 Å². The first-order chi connectivity index (χ1) is 45.3. The summed E-state index contributed by atoms with van der Waals surface area (Å²) in [6.45, 7) is 23.8. The van der Waals surface area contributed by atoms with Crippen molar-refractivity contribution in [3.8, 4) is 0 Å². The number of primary amides is 1. The molecule has 0 spiro atoms. The van der Waals surface area contributed by atoms with Crippen molar-refractivity contribution in [1.82, 2.24) is 73.8 Å². The Morgan fingerprint density at radius 3 is 1.28 bits per heavy atom. The zero-order chi connectivity index (χ0) is 73.7. The van der Waals surface area contributed by atoms with Gasteiger partial charge in [0, 0.05) is 31.2 Å². The van der Waals surface area contributed by atoms with E-state index in [1.807, 2.05) is 0 Å². The number of hydrogen-bond acceptors (Lipinski definition) is 17. The smallest absolute Gasteiger partial charge is 0.325 e. The van der Waals surface area contributed by atoms with E-state index < -0.39 is 186 Å². The third-order valence-electron chi connectivity index (χ3n) is 15.6. The zero-order valence-corrected chi connectivity index (χ0v) is 58.4. The Morgan fingerprint density at radius 2 is 0.835 bits per heavy atom. The van der Waals surface area contributed by atoms with Gasteiger partial charge in [0.1, 0.15) is 72.5 Å². The van der Waals surface area contributed by atoms with Crippen molar-refractivity contribution in [2.24, 2.45) is 41.1 Å². The molecule has 0 unspecified atom stereocenters. The first-order valence-corrected chi connectivity index (χ1v) is 32.9. The summed E-state index contributed by atoms with van der Waals surface area (Å²) in [5, 5.41) is 51.1. The van der Waals surface area contributed by atoms with Crippen molar-refractivity contribution in [2.45, 2.75) is 240 Å². The molecule has 0 aliphatic rings. The Balaban J connectivity index is 2.36. The quantitative estimate of drug-likeness (QED) is 0.0341. The number of aliphatic hydroxyl groups excluding tert-OH is 1. The third kappa shape index (κ3) is 29.9. The molecule has 2 rings (SSSR count). The Labute approximate surface area is 566 Å². The van der Waals surface area contributed by atoms with Gasteiger partial charge in [0.25, 0.3) is 0 Å². The van der Waals surface area contributed by atoms with Crippen molar-refractivity contribution in [3.63, 3.8) is 0 Å². The molecule has 0 saturated carbocycles. The highest BCUT2D eigenvalue weighted by Crippen LogP contribution is 2.15. The maximum absolute atomic E-state index is 14.5. The van der Waals surface area contributed by atoms with Crippen LogP contribution < -0.4 is 75.3 Å². The molecule has 1 aromatic carbocycles. The first-order valence-electron chi connectivity index (χ1n) is 32.9. The van der Waals surface area contributed by atoms with Gasteiger partial charge in [-0.25, -0.2) is 4.98 Å². The number of carbonyl (C=O) groups is 14. The summed E-state index contributed by atoms with van der Waals surface area (Å²) >= 11 is 0. The standard InChI is InChI=1S/C65H106N16O16/c1-16-35(10)51(80-53(84)36(11)66)63(94)78-48(28-42-29-68-30-69-42)61(92)81-52(40(15)82)64(95)77-46(26-33(6)7)60(91)76-45(25-32(4)5)59(90)75-44(24-31(2)3)58(89)73-43(22-23-49(67)83)56(87)79-50(34(8)9)62(93)71-37(12)54(85)70-38(13)55(86)74-47(27-41-20-18-17-19-21-41)57(88)72-39(14)65(96)97/h17-21,29-40,43-48,50-52,82H,16,22-28,66H2,1-15H3,(H2,67,83)(H,68,69)(H,70,85)(H,71,93)(H,72,88)(H,73,89)(H,74,86)(H,75,90)(H,76,91)(H,77,95)(H,78,94)(H,79,87)(H,80,84)(H,81,92)(H,96,97)/t35-,36-,37-,38-,39-,40+,43-,44-,45-,46-,47-,48-,50-,51-,52-/m0/s1. The van der Waals surface area contributed by atoms with Crippen molar-refractivity contribution >= 4 is 82.8 Å². The molecule has 0 radical (unpaired) electrons. The van der Waals surface area contributed by atoms with Gasteiger partial charge in [-0.3, -0.25) is 67.1 Å². The lowest BCUT2D eigenvalue weighted by Gasteiger charge is -2.30. The van der Waals surface area contributed by atoms with Crippen LogP contribution in [0, 0.1) is 29.6 Å². The summed E-state index contributed by atoms with van der Waals surface area (Å²) in [5.41, 5.74) is 12.3. The maximum Gasteiger partial charge on any atom is 0.325 e. The molecule has 0 saturated heterocycles. The lowest BCUT2D eigenvalue weighted by molar-refractivity contribution is -0.141. The van der Waals surface area contributed by atoms with Crippen molar-refractivity contribution < 1.29 is 77.3 Å². The van der Waals surface area contributed by atoms with Crippen molar-refractivity contribution in [2.75, 3.05) is 0 Å². The SMILES string of the molecule is CC[C@H](C)[C@H](NC(=O)[C@H](C)N)C(=O)N[C@@H](Cc1cnc[nH]1)C(=O)N[C@H](C(=O)N[C@@H](CC(C)C)C(=O)N[C@@H](CC(C)C)C(=O)N[C@@H](CC(C)C)C(=O)N[C@@H](CCC(N)=O)C(=O)N[C@H](C(=O)N[C@@H](C)C(=O)N[C@@H](C)C(=O)N[C@@H](Cc1ccccc1)C(=O)N[C@@H](C)C(=O)O)C(C)C)[C@@H](C)O. The number of imidazole rings is 1. The van der Waals surface area contributed by atoms with E-state index in [0.717, 1.165) is 0 Å². The topological polar surface area (TPSA) is 505 Å². The van der Waals surface area contributed by atoms with Gasteiger partial charge in [-0.1, -0.05) is 106 Å². The number of hydrogen-bond donors (Lipinski definition) is 17. The van der Waals surface area contributed by atoms with Crippen LogP contribution in [0.15, 0.2) is 42.9 Å². The number of aliphatic carboxylic acids is 1. The molecule has 1 aromatic heterocycles. The molecule has 15 atom stereocenters. The van der Waals surface area contributed by atoms with Gasteiger partial charge >= 0.3 is 5.97 Å². The number of aliphatic hydroxyl groups is 1. The molecule has 13 amide bonds. The Hall–Kier alpha value is -9.07. The molecule has 0 aliphatic carbocycles. The number of nitrogens with two attached hydrogens (primary N) is 2. The minimum Gasteiger partial charge on any atom is -0.480 e. The average molecular weight is 1370 g/mol. The summed E-state index contributed by atoms with van der Waals surface area (Å²) in [6.07, 6.45) is 0.583. The summed E-state index contributed by atoms with van der Waals surface area (Å²) < 4.78 is 0. The van der Waals surface area contributed by atoms with Gasteiger partial charge in [0.15, 0.2) is 0 Å². The van der Waals surface area contributed by atoms with Crippen molar-refractivity contribution in [1.29, 1.82) is 0 Å². The number of carboxylic acid groups (broad SMARTS) is 1. The van der Waals surface area contributed by atoms with Crippen molar-refractivity contribution in [3.05, 3.63) is 54.1 Å². The van der Waals surface area contributed by atoms with Gasteiger partial charge in [-0.15, -0.1) is 0 Å². The molecule has 0 fully saturated rings. The minimum absolute atomic E-state index is 0.00218. The van der Waals surface area contributed by atoms with Crippen LogP contribution in [0.2, 0.25) is 0 Å². The van der Waals surface area contributed by atoms with Gasteiger partial charge in [0.2, 0.25) is 76.8 Å². The van der Waals surface area contributed by atoms with Crippen LogP contribution in [0.25, 0.3) is 0 Å². The summed E-state index contributed by atoms with van der Waals surface area (Å²) in [6, 6.07) is -8.86. The Morgan fingerprint density at radius 1 is 0.454 bits per heavy atom. The van der Waals surface area contributed by atoms with Crippen LogP contribution in [0.5, 0.6) is 0 Å². The van der Waals surface area contributed by atoms with E-state index in [0.29, 0.717) is 17.7 Å². The first kappa shape index (κ1) is 84.0. The highest BCUT2D eigenvalue weighted by Gasteiger charge is 2.39. The third-order valence-corrected chi connectivity index (χ3v) is 15.6. The fraction of sp³-hybridized carbons (Fsp3) is 0.646. The molecule has 97 heavy (non-hydrogen) atoms. The molecule has 1 heterocycles. The van der Waals surface area contributed by atoms with E-state index in [-0.39, 0.29) is 56.3 Å². The second-order valence-corrected chi connectivity index (χ2v) is 26.4. The number of H-pyrrole nitrogens is 1. The molecule has 0 bridgehead atoms. The van der Waals surface area contributed by atoms with Crippen LogP contribution in [0.3, 0.4) is 0 Å². The molecule has 19 N–H and O–H groups in total. The van der Waals surface area contributed by atoms with Crippen LogP contribution >= 0.6 is 0 Å². The molecule has 542 valence electrons. The summed E-state index contributed by atoms with van der Waals surface area (Å²) in [4.78, 5) is 197. The van der Waals surface area contributed by atoms with E-state index in [4.69, 9.17) is 11.5 Å². The van der Waals surface area contributed by atoms with Gasteiger partial charge < -0.3 is 90.5 Å². The summed E-state index contributed by atoms with van der Waals surface area (Å²) in [7, 11) is 0. The molecular formula is C65H106N16O16. The van der Waals surface area contributed by atoms with E-state index in [1.54, 1.807) is 99.6 Å². The van der Waals surface area contributed by atoms with Gasteiger partial charge in [0.05, 0.1) is 18.5 Å². The average Bonchev–Trinajstić information content (AvgIpc) is 1.59. The molecule has 2 aromatic rings. The number of amides is 13. The monoisotopic (exact) mass is 1370 g/mol. The van der Waals surface area contributed by atoms with Crippen LogP contribution in [0.4, 0.5) is 0 Å². The van der Waals surface area contributed by atoms with Crippen LogP contribution in [-0.4, -0.2) is 188 Å². The zero-order valence-electron chi connectivity index (χ0n) is 58.4. The van der Waals surface area contributed by atoms with Gasteiger partial charge in [-0.2, -0.15) is 0 Å². The Kier molecular flexibility index (Phi) is 35.6. The predicted octanol–water partition coefficient (Wildman–Crippen LogP) is -2.01. The number of carboxylic acids is 1. The minimum atomic E-state index is -1.72. The van der Waals surface area contributed by atoms with Crippen LogP contribution in [0.1, 0.15) is 154 Å². The van der Waals surface area contributed by atoms with Gasteiger partial charge in [-0.05, 0) is 95.5 Å². The second kappa shape index (κ2) is 41.1. The predicted molar refractivity (Wildman–Crippen MR) is 357 cm³/mol. The van der Waals surface area contributed by atoms with E-state index in [2.05, 4.69) is 73.8 Å². The number of nitrogens with one attached hydrogen (secondary N) is 13. The fourth-order valence-electron chi connectivity index (χ4n) is 9.77. The molecule has 32 heteroatoms. The molecule has 0 aliphatic heterocycles. The highest BCUT2D eigenvalue weighted by atomic mass is 16.4. The fourth-order valence-corrected chi connectivity index (χ4v) is 9.77. The lowest BCUT2D eigenvalue weighted by atomic mass is 9.97. The summed E-state index contributed by atoms with van der Waals surface area (Å²) in [5.74, 6) is -14.2. The number of nitrogens with zero attached hydrogens (tertiary/aromatic N) is 1. The second-order valence-electron chi connectivity index (χ2n) is 26.4. The number of carbonyl (C=O) groups excluding carboxylic acids is 13. The van der Waals surface area contributed by atoms with Crippen LogP contribution in [-0.2, 0) is 80.0 Å². The number of benzene rings is 1. The number of aromatic nitrogens is 2. The van der Waals surface area contributed by atoms with E-state index in [9.17, 15) is 77.3 Å². The lowest BCUT2D eigenvalue weighted by Crippen LogP contribution is -2.62. The Bertz CT molecular complexity index is 2980. The largest absolute Gasteiger partial charge is 0.480 e. The normalized spacial score (nSPS) is 16.0. The molecular weight excluding hydrogens is 1260 g/mol. The highest BCUT2D eigenvalue weighted by molar-refractivity contribution is 6.00. The molecule has 32 nitrogen and oxygen atoms in total. The van der Waals surface area contributed by atoms with E-state index >= 15 is 0 Å². The number of aromatic amines is 1.